The van der Waals surface area contributed by atoms with E-state index in [2.05, 4.69) is 0 Å². The summed E-state index contributed by atoms with van der Waals surface area (Å²) in [4.78, 5) is 29.9. The molecule has 1 fully saturated rings. The molecule has 5 nitrogen and oxygen atoms in total. The number of carbonyl (C=O) groups excluding carboxylic acids is 2. The predicted octanol–water partition coefficient (Wildman–Crippen LogP) is 6.67. The van der Waals surface area contributed by atoms with Gasteiger partial charge >= 0.3 is 0 Å². The van der Waals surface area contributed by atoms with Crippen LogP contribution in [-0.2, 0) is 16.2 Å². The van der Waals surface area contributed by atoms with Crippen LogP contribution in [0.3, 0.4) is 0 Å². The summed E-state index contributed by atoms with van der Waals surface area (Å²) in [5.74, 6) is -0.300. The fourth-order valence-electron chi connectivity index (χ4n) is 3.96. The van der Waals surface area contributed by atoms with Crippen molar-refractivity contribution in [3.05, 3.63) is 131 Å². The highest BCUT2D eigenvalue weighted by molar-refractivity contribution is 7.81. The molecule has 4 aromatic carbocycles. The Hall–Kier alpha value is -4.26. The lowest BCUT2D eigenvalue weighted by molar-refractivity contribution is -0.120. The molecule has 1 aliphatic heterocycles. The van der Waals surface area contributed by atoms with Gasteiger partial charge in [0.1, 0.15) is 17.9 Å². The first-order chi connectivity index (χ1) is 18.0. The van der Waals surface area contributed by atoms with Gasteiger partial charge in [-0.1, -0.05) is 72.3 Å². The van der Waals surface area contributed by atoms with E-state index in [9.17, 15) is 9.59 Å². The highest BCUT2D eigenvalue weighted by Gasteiger charge is 2.41. The molecule has 0 radical (unpaired) electrons. The fourth-order valence-corrected chi connectivity index (χ4v) is 4.55. The van der Waals surface area contributed by atoms with Crippen LogP contribution in [0.25, 0.3) is 6.08 Å². The lowest BCUT2D eigenvalue weighted by atomic mass is 10.0. The minimum Gasteiger partial charge on any atom is -0.489 e. The van der Waals surface area contributed by atoms with Crippen molar-refractivity contribution in [2.75, 3.05) is 9.80 Å². The third kappa shape index (κ3) is 5.31. The third-order valence-electron chi connectivity index (χ3n) is 5.76. The molecule has 37 heavy (non-hydrogen) atoms. The van der Waals surface area contributed by atoms with Crippen molar-refractivity contribution in [1.29, 1.82) is 0 Å². The Balaban J connectivity index is 1.45. The molecule has 182 valence electrons. The molecule has 4 aromatic rings. The molecule has 0 atom stereocenters. The van der Waals surface area contributed by atoms with Gasteiger partial charge in [-0.05, 0) is 78.0 Å². The minimum absolute atomic E-state index is 0.00824. The summed E-state index contributed by atoms with van der Waals surface area (Å²) in [5, 5.41) is 0.757. The van der Waals surface area contributed by atoms with Gasteiger partial charge in [0.25, 0.3) is 11.8 Å². The average molecular weight is 525 g/mol. The third-order valence-corrected chi connectivity index (χ3v) is 6.36. The van der Waals surface area contributed by atoms with Crippen molar-refractivity contribution in [1.82, 2.24) is 0 Å². The van der Waals surface area contributed by atoms with Gasteiger partial charge in [0.15, 0.2) is 5.11 Å². The number of para-hydroxylation sites is 2. The Kier molecular flexibility index (Phi) is 7.12. The van der Waals surface area contributed by atoms with E-state index in [0.717, 1.165) is 5.56 Å². The molecule has 0 aromatic heterocycles. The smallest absolute Gasteiger partial charge is 0.270 e. The van der Waals surface area contributed by atoms with Crippen molar-refractivity contribution < 1.29 is 14.3 Å². The molecule has 2 amide bonds. The Bertz CT molecular complexity index is 1430. The minimum atomic E-state index is -0.477. The number of halogens is 1. The molecule has 1 heterocycles. The number of hydrogen-bond acceptors (Lipinski definition) is 4. The summed E-state index contributed by atoms with van der Waals surface area (Å²) in [6.07, 6.45) is 1.58. The summed E-state index contributed by atoms with van der Waals surface area (Å²) < 4.78 is 5.85. The predicted molar refractivity (Wildman–Crippen MR) is 151 cm³/mol. The van der Waals surface area contributed by atoms with E-state index in [1.54, 1.807) is 54.6 Å². The number of ether oxygens (including phenoxy) is 1. The molecule has 0 unspecified atom stereocenters. The zero-order chi connectivity index (χ0) is 25.8. The van der Waals surface area contributed by atoms with Gasteiger partial charge < -0.3 is 4.74 Å². The zero-order valence-electron chi connectivity index (χ0n) is 19.6. The van der Waals surface area contributed by atoms with Crippen LogP contribution >= 0.6 is 23.8 Å². The number of benzene rings is 4. The molecule has 7 heteroatoms. The summed E-state index contributed by atoms with van der Waals surface area (Å²) >= 11 is 11.7. The number of rotatable bonds is 6. The number of amides is 2. The lowest BCUT2D eigenvalue weighted by Crippen LogP contribution is -2.56. The van der Waals surface area contributed by atoms with E-state index < -0.39 is 11.8 Å². The zero-order valence-corrected chi connectivity index (χ0v) is 21.2. The molecule has 1 aliphatic rings. The lowest BCUT2D eigenvalue weighted by Gasteiger charge is -2.36. The Morgan fingerprint density at radius 2 is 1.30 bits per heavy atom. The highest BCUT2D eigenvalue weighted by Crippen LogP contribution is 2.30. The first kappa shape index (κ1) is 24.4. The SMILES string of the molecule is O=C1C(=Cc2ccc(OCc3cccc(Cl)c3)cc2)C(=O)N(c2ccccc2)C(=S)N1c1ccccc1. The molecule has 0 bridgehead atoms. The molecular formula is C30H21ClN2O3S. The van der Waals surface area contributed by atoms with Crippen molar-refractivity contribution >= 4 is 58.2 Å². The van der Waals surface area contributed by atoms with Crippen LogP contribution in [0.4, 0.5) is 11.4 Å². The summed E-state index contributed by atoms with van der Waals surface area (Å²) in [6, 6.07) is 32.8. The van der Waals surface area contributed by atoms with E-state index in [-0.39, 0.29) is 10.7 Å². The van der Waals surface area contributed by atoms with Crippen LogP contribution in [0.1, 0.15) is 11.1 Å². The highest BCUT2D eigenvalue weighted by atomic mass is 35.5. The molecule has 5 rings (SSSR count). The van der Waals surface area contributed by atoms with E-state index >= 15 is 0 Å². The Morgan fingerprint density at radius 1 is 0.730 bits per heavy atom. The van der Waals surface area contributed by atoms with Crippen LogP contribution in [0.15, 0.2) is 115 Å². The van der Waals surface area contributed by atoms with Gasteiger partial charge in [-0.25, -0.2) is 0 Å². The van der Waals surface area contributed by atoms with Crippen molar-refractivity contribution in [3.63, 3.8) is 0 Å². The van der Waals surface area contributed by atoms with Crippen molar-refractivity contribution in [2.45, 2.75) is 6.61 Å². The average Bonchev–Trinajstić information content (AvgIpc) is 2.92. The maximum Gasteiger partial charge on any atom is 0.270 e. The van der Waals surface area contributed by atoms with Gasteiger partial charge in [0, 0.05) is 5.02 Å². The van der Waals surface area contributed by atoms with E-state index in [4.69, 9.17) is 28.6 Å². The van der Waals surface area contributed by atoms with Gasteiger partial charge in [-0.15, -0.1) is 0 Å². The monoisotopic (exact) mass is 524 g/mol. The summed E-state index contributed by atoms with van der Waals surface area (Å²) in [6.45, 7) is 0.369. The van der Waals surface area contributed by atoms with E-state index in [0.29, 0.717) is 34.3 Å². The topological polar surface area (TPSA) is 49.9 Å². The van der Waals surface area contributed by atoms with Crippen LogP contribution < -0.4 is 14.5 Å². The van der Waals surface area contributed by atoms with Crippen LogP contribution in [0.5, 0.6) is 5.75 Å². The fraction of sp³-hybridized carbons (Fsp3) is 0.0333. The van der Waals surface area contributed by atoms with Crippen molar-refractivity contribution in [2.24, 2.45) is 0 Å². The molecule has 1 saturated heterocycles. The molecule has 0 aliphatic carbocycles. The quantitative estimate of drug-likeness (QED) is 0.161. The largest absolute Gasteiger partial charge is 0.489 e. The first-order valence-electron chi connectivity index (χ1n) is 11.5. The van der Waals surface area contributed by atoms with Gasteiger partial charge in [-0.3, -0.25) is 19.4 Å². The maximum atomic E-state index is 13.6. The second-order valence-corrected chi connectivity index (χ2v) is 9.08. The maximum absolute atomic E-state index is 13.6. The van der Waals surface area contributed by atoms with Gasteiger partial charge in [0.05, 0.1) is 11.4 Å². The first-order valence-corrected chi connectivity index (χ1v) is 12.3. The van der Waals surface area contributed by atoms with E-state index in [1.165, 1.54) is 9.80 Å². The van der Waals surface area contributed by atoms with Crippen LogP contribution in [0.2, 0.25) is 5.02 Å². The number of thiocarbonyl (C=S) groups is 1. The molecule has 0 spiro atoms. The number of nitrogens with zero attached hydrogens (tertiary/aromatic N) is 2. The Labute approximate surface area is 225 Å². The second-order valence-electron chi connectivity index (χ2n) is 8.28. The van der Waals surface area contributed by atoms with Gasteiger partial charge in [-0.2, -0.15) is 0 Å². The summed E-state index contributed by atoms with van der Waals surface area (Å²) in [5.41, 5.74) is 2.81. The van der Waals surface area contributed by atoms with Crippen LogP contribution in [-0.4, -0.2) is 16.9 Å². The van der Waals surface area contributed by atoms with Gasteiger partial charge in [0.2, 0.25) is 0 Å². The normalized spacial score (nSPS) is 13.6. The number of anilines is 2. The van der Waals surface area contributed by atoms with Crippen LogP contribution in [0, 0.1) is 0 Å². The molecule has 0 N–H and O–H groups in total. The number of hydrogen-bond donors (Lipinski definition) is 0. The number of carbonyl (C=O) groups is 2. The second kappa shape index (κ2) is 10.8. The standard InChI is InChI=1S/C30H21ClN2O3S/c31-23-9-7-8-22(18-23)20-36-26-16-14-21(15-17-26)19-27-28(34)32(24-10-3-1-4-11-24)30(37)33(29(27)35)25-12-5-2-6-13-25/h1-19H,20H2. The summed E-state index contributed by atoms with van der Waals surface area (Å²) in [7, 11) is 0. The Morgan fingerprint density at radius 3 is 1.84 bits per heavy atom. The van der Waals surface area contributed by atoms with E-state index in [1.807, 2.05) is 60.7 Å². The molecule has 0 saturated carbocycles. The molecular weight excluding hydrogens is 504 g/mol. The van der Waals surface area contributed by atoms with Crippen molar-refractivity contribution in [3.8, 4) is 5.75 Å².